The Hall–Kier alpha value is -4.20. The molecule has 1 aliphatic rings. The molecule has 1 saturated heterocycles. The Balaban J connectivity index is 1.67. The molecule has 240 valence electrons. The van der Waals surface area contributed by atoms with Gasteiger partial charge in [-0.3, -0.25) is 9.69 Å². The third kappa shape index (κ3) is 6.75. The zero-order chi connectivity index (χ0) is 32.5. The molecule has 0 spiro atoms. The van der Waals surface area contributed by atoms with Gasteiger partial charge in [-0.1, -0.05) is 38.1 Å². The quantitative estimate of drug-likeness (QED) is 0.191. The van der Waals surface area contributed by atoms with E-state index in [4.69, 9.17) is 0 Å². The summed E-state index contributed by atoms with van der Waals surface area (Å²) in [5, 5.41) is 19.4. The molecule has 0 atom stereocenters. The van der Waals surface area contributed by atoms with E-state index in [1.807, 2.05) is 13.8 Å². The van der Waals surface area contributed by atoms with E-state index in [2.05, 4.69) is 9.64 Å². The van der Waals surface area contributed by atoms with Gasteiger partial charge in [0.25, 0.3) is 0 Å². The number of aliphatic hydroxyl groups is 2. The normalized spacial score (nSPS) is 14.2. The van der Waals surface area contributed by atoms with Crippen molar-refractivity contribution in [2.75, 3.05) is 49.1 Å². The molecule has 13 heteroatoms. The van der Waals surface area contributed by atoms with Crippen LogP contribution in [0.3, 0.4) is 0 Å². The lowest BCUT2D eigenvalue weighted by atomic mass is 10.1. The molecule has 0 aliphatic carbocycles. The summed E-state index contributed by atoms with van der Waals surface area (Å²) in [6.07, 6.45) is -6.53. The molecule has 0 bridgehead atoms. The minimum atomic E-state index is -5.27. The molecule has 5 rings (SSSR count). The van der Waals surface area contributed by atoms with Crippen molar-refractivity contribution in [2.24, 2.45) is 0 Å². The van der Waals surface area contributed by atoms with Crippen LogP contribution in [0.15, 0.2) is 65.6 Å². The first-order valence-corrected chi connectivity index (χ1v) is 14.5. The number of aliphatic hydroxyl groups excluding tert-OH is 1. The molecule has 45 heavy (non-hydrogen) atoms. The number of piperazine rings is 1. The number of halogens is 5. The van der Waals surface area contributed by atoms with Crippen molar-refractivity contribution >= 4 is 22.3 Å². The molecular weight excluding hydrogens is 599 g/mol. The highest BCUT2D eigenvalue weighted by molar-refractivity contribution is 5.93. The number of para-hydroxylation sites is 1. The molecule has 3 aromatic carbocycles. The third-order valence-corrected chi connectivity index (χ3v) is 8.00. The van der Waals surface area contributed by atoms with Crippen LogP contribution in [0.4, 0.5) is 33.3 Å². The van der Waals surface area contributed by atoms with Gasteiger partial charge in [0.2, 0.25) is 0 Å². The topological polar surface area (TPSA) is 81.4 Å². The fraction of sp³-hybridized carbons (Fsp3) is 0.344. The standard InChI is InChI=1S/C32H33F5N4O4/c1-3-38(4-2)18-20-9-11-21(12-10-20)41-19-23(31(43)44)29(42)22-17-25(34)28(30(27(22)41)45-32(35,36)37)40-15-13-39(14-16-40)26-8-6-5-7-24(26)33/h5-12,17,19,31,43-44H,3-4,13-16,18H2,1-2H3. The Morgan fingerprint density at radius 1 is 0.911 bits per heavy atom. The Kier molecular flexibility index (Phi) is 9.33. The number of aromatic nitrogens is 1. The molecule has 4 aromatic rings. The van der Waals surface area contributed by atoms with E-state index in [1.165, 1.54) is 15.5 Å². The first-order chi connectivity index (χ1) is 21.4. The van der Waals surface area contributed by atoms with Crippen LogP contribution in [0, 0.1) is 11.6 Å². The number of benzene rings is 3. The van der Waals surface area contributed by atoms with Gasteiger partial charge in [0.1, 0.15) is 17.0 Å². The predicted octanol–water partition coefficient (Wildman–Crippen LogP) is 5.32. The van der Waals surface area contributed by atoms with Crippen LogP contribution >= 0.6 is 0 Å². The summed E-state index contributed by atoms with van der Waals surface area (Å²) in [7, 11) is 0. The van der Waals surface area contributed by atoms with Crippen molar-refractivity contribution in [3.05, 3.63) is 93.8 Å². The first kappa shape index (κ1) is 32.2. The fourth-order valence-electron chi connectivity index (χ4n) is 5.68. The molecule has 1 aliphatic heterocycles. The monoisotopic (exact) mass is 632 g/mol. The molecule has 2 heterocycles. The van der Waals surface area contributed by atoms with E-state index in [9.17, 15) is 32.6 Å². The van der Waals surface area contributed by atoms with Gasteiger partial charge in [0.05, 0.1) is 16.6 Å². The minimum absolute atomic E-state index is 0.0166. The third-order valence-electron chi connectivity index (χ3n) is 8.00. The Labute approximate surface area is 256 Å². The average Bonchev–Trinajstić information content (AvgIpc) is 3.00. The SMILES string of the molecule is CCN(CC)Cc1ccc(-n2cc(C(O)O)c(=O)c3cc(F)c(N4CCN(c5ccccc5F)CC4)c(OC(F)(F)F)c32)cc1. The molecule has 0 radical (unpaired) electrons. The maximum absolute atomic E-state index is 15.9. The summed E-state index contributed by atoms with van der Waals surface area (Å²) >= 11 is 0. The molecule has 1 fully saturated rings. The number of alkyl halides is 3. The molecular formula is C32H33F5N4O4. The minimum Gasteiger partial charge on any atom is -0.401 e. The summed E-state index contributed by atoms with van der Waals surface area (Å²) in [6, 6.07) is 13.6. The second-order valence-electron chi connectivity index (χ2n) is 10.7. The molecule has 0 amide bonds. The smallest absolute Gasteiger partial charge is 0.401 e. The highest BCUT2D eigenvalue weighted by Gasteiger charge is 2.37. The van der Waals surface area contributed by atoms with Gasteiger partial charge in [-0.2, -0.15) is 0 Å². The summed E-state index contributed by atoms with van der Waals surface area (Å²) in [5.41, 5.74) is -1.02. The number of nitrogens with zero attached hydrogens (tertiary/aromatic N) is 4. The highest BCUT2D eigenvalue weighted by Crippen LogP contribution is 2.42. The van der Waals surface area contributed by atoms with Crippen molar-refractivity contribution in [3.8, 4) is 11.4 Å². The average molecular weight is 633 g/mol. The maximum Gasteiger partial charge on any atom is 0.573 e. The van der Waals surface area contributed by atoms with E-state index in [0.29, 0.717) is 12.2 Å². The Morgan fingerprint density at radius 3 is 2.11 bits per heavy atom. The molecule has 0 unspecified atom stereocenters. The first-order valence-electron chi connectivity index (χ1n) is 14.5. The van der Waals surface area contributed by atoms with Gasteiger partial charge in [0.15, 0.2) is 23.3 Å². The number of ether oxygens (including phenoxy) is 1. The highest BCUT2D eigenvalue weighted by atomic mass is 19.4. The number of fused-ring (bicyclic) bond motifs is 1. The van der Waals surface area contributed by atoms with Gasteiger partial charge in [-0.05, 0) is 49.0 Å². The maximum atomic E-state index is 15.9. The van der Waals surface area contributed by atoms with E-state index in [1.54, 1.807) is 47.4 Å². The van der Waals surface area contributed by atoms with Gasteiger partial charge in [0, 0.05) is 44.6 Å². The molecule has 0 saturated carbocycles. The van der Waals surface area contributed by atoms with Crippen LogP contribution in [0.25, 0.3) is 16.6 Å². The van der Waals surface area contributed by atoms with Crippen molar-refractivity contribution < 1.29 is 36.9 Å². The second kappa shape index (κ2) is 13.0. The van der Waals surface area contributed by atoms with Crippen molar-refractivity contribution in [3.63, 3.8) is 0 Å². The van der Waals surface area contributed by atoms with E-state index >= 15 is 4.39 Å². The molecule has 2 N–H and O–H groups in total. The van der Waals surface area contributed by atoms with Crippen molar-refractivity contribution in [1.29, 1.82) is 0 Å². The van der Waals surface area contributed by atoms with Gasteiger partial charge >= 0.3 is 6.36 Å². The number of anilines is 2. The van der Waals surface area contributed by atoms with Crippen LogP contribution < -0.4 is 20.0 Å². The van der Waals surface area contributed by atoms with Crippen LogP contribution in [0.1, 0.15) is 31.3 Å². The summed E-state index contributed by atoms with van der Waals surface area (Å²) in [4.78, 5) is 18.5. The lowest BCUT2D eigenvalue weighted by Crippen LogP contribution is -2.47. The summed E-state index contributed by atoms with van der Waals surface area (Å²) in [5.74, 6) is -2.57. The lowest BCUT2D eigenvalue weighted by Gasteiger charge is -2.38. The number of hydrogen-bond donors (Lipinski definition) is 2. The number of pyridine rings is 1. The zero-order valence-electron chi connectivity index (χ0n) is 24.7. The van der Waals surface area contributed by atoms with Crippen LogP contribution in [-0.2, 0) is 6.54 Å². The van der Waals surface area contributed by atoms with Gasteiger partial charge in [-0.25, -0.2) is 8.78 Å². The zero-order valence-corrected chi connectivity index (χ0v) is 24.7. The number of hydrogen-bond acceptors (Lipinski definition) is 7. The molecule has 8 nitrogen and oxygen atoms in total. The van der Waals surface area contributed by atoms with Gasteiger partial charge in [-0.15, -0.1) is 13.2 Å². The second-order valence-corrected chi connectivity index (χ2v) is 10.7. The molecule has 1 aromatic heterocycles. The Bertz CT molecular complexity index is 1710. The van der Waals surface area contributed by atoms with E-state index in [-0.39, 0.29) is 31.9 Å². The van der Waals surface area contributed by atoms with Crippen molar-refractivity contribution in [1.82, 2.24) is 9.47 Å². The van der Waals surface area contributed by atoms with Gasteiger partial charge < -0.3 is 29.3 Å². The van der Waals surface area contributed by atoms with Crippen LogP contribution in [0.5, 0.6) is 5.75 Å². The number of rotatable bonds is 9. The van der Waals surface area contributed by atoms with E-state index in [0.717, 1.165) is 30.9 Å². The predicted molar refractivity (Wildman–Crippen MR) is 161 cm³/mol. The summed E-state index contributed by atoms with van der Waals surface area (Å²) < 4.78 is 77.9. The fourth-order valence-corrected chi connectivity index (χ4v) is 5.68. The lowest BCUT2D eigenvalue weighted by molar-refractivity contribution is -0.274. The van der Waals surface area contributed by atoms with Crippen molar-refractivity contribution in [2.45, 2.75) is 33.0 Å². The van der Waals surface area contributed by atoms with Crippen LogP contribution in [0.2, 0.25) is 0 Å². The largest absolute Gasteiger partial charge is 0.573 e. The summed E-state index contributed by atoms with van der Waals surface area (Å²) in [6.45, 7) is 6.64. The Morgan fingerprint density at radius 2 is 1.53 bits per heavy atom. The van der Waals surface area contributed by atoms with Crippen LogP contribution in [-0.4, -0.2) is 65.3 Å². The van der Waals surface area contributed by atoms with E-state index < -0.39 is 57.6 Å².